The van der Waals surface area contributed by atoms with Crippen LogP contribution in [0.3, 0.4) is 0 Å². The normalized spacial score (nSPS) is 10.1. The maximum absolute atomic E-state index is 12.4. The second kappa shape index (κ2) is 10.2. The number of likely N-dealkylation sites (N-methyl/N-ethyl adjacent to an activating group) is 1. The van der Waals surface area contributed by atoms with E-state index in [-0.39, 0.29) is 11.5 Å². The molecule has 1 amide bonds. The predicted octanol–water partition coefficient (Wildman–Crippen LogP) is 2.54. The van der Waals surface area contributed by atoms with Crippen molar-refractivity contribution in [3.8, 4) is 23.0 Å². The van der Waals surface area contributed by atoms with Gasteiger partial charge in [-0.25, -0.2) is 4.79 Å². The van der Waals surface area contributed by atoms with Crippen LogP contribution in [0.4, 0.5) is 0 Å². The van der Waals surface area contributed by atoms with E-state index in [1.54, 1.807) is 14.2 Å². The molecule has 0 saturated heterocycles. The summed E-state index contributed by atoms with van der Waals surface area (Å²) in [6, 6.07) is 10.3. The quantitative estimate of drug-likeness (QED) is 0.595. The first-order valence-electron chi connectivity index (χ1n) is 8.78. The lowest BCUT2D eigenvalue weighted by molar-refractivity contribution is -0.133. The highest BCUT2D eigenvalue weighted by Crippen LogP contribution is 2.38. The largest absolute Gasteiger partial charge is 0.496 e. The van der Waals surface area contributed by atoms with Crippen molar-refractivity contribution in [2.75, 3.05) is 42.1 Å². The number of amides is 1. The van der Waals surface area contributed by atoms with Crippen LogP contribution < -0.4 is 18.9 Å². The summed E-state index contributed by atoms with van der Waals surface area (Å²) in [7, 11) is 7.56. The van der Waals surface area contributed by atoms with Crippen molar-refractivity contribution in [2.24, 2.45) is 0 Å². The topological polar surface area (TPSA) is 83.5 Å². The molecule has 0 aliphatic rings. The van der Waals surface area contributed by atoms with Crippen LogP contribution >= 0.6 is 0 Å². The van der Waals surface area contributed by atoms with Crippen LogP contribution in [0.25, 0.3) is 0 Å². The molecule has 0 aromatic heterocycles. The Morgan fingerprint density at radius 2 is 1.45 bits per heavy atom. The summed E-state index contributed by atoms with van der Waals surface area (Å²) >= 11 is 0. The maximum Gasteiger partial charge on any atom is 0.338 e. The molecular formula is C21H25NO7. The molecule has 0 fully saturated rings. The molecular weight excluding hydrogens is 378 g/mol. The number of methoxy groups -OCH3 is 4. The predicted molar refractivity (Wildman–Crippen MR) is 106 cm³/mol. The van der Waals surface area contributed by atoms with Crippen molar-refractivity contribution in [2.45, 2.75) is 6.54 Å². The van der Waals surface area contributed by atoms with Gasteiger partial charge in [0.15, 0.2) is 18.1 Å². The molecule has 2 aromatic rings. The van der Waals surface area contributed by atoms with E-state index >= 15 is 0 Å². The maximum atomic E-state index is 12.4. The summed E-state index contributed by atoms with van der Waals surface area (Å²) in [4.78, 5) is 26.2. The van der Waals surface area contributed by atoms with E-state index in [2.05, 4.69) is 0 Å². The van der Waals surface area contributed by atoms with E-state index in [9.17, 15) is 9.59 Å². The van der Waals surface area contributed by atoms with Gasteiger partial charge in [-0.1, -0.05) is 18.2 Å². The molecule has 29 heavy (non-hydrogen) atoms. The lowest BCUT2D eigenvalue weighted by Gasteiger charge is -2.19. The van der Waals surface area contributed by atoms with E-state index in [0.717, 1.165) is 5.56 Å². The van der Waals surface area contributed by atoms with E-state index in [1.807, 2.05) is 24.3 Å². The third-order valence-corrected chi connectivity index (χ3v) is 4.25. The monoisotopic (exact) mass is 403 g/mol. The Morgan fingerprint density at radius 3 is 2.00 bits per heavy atom. The molecule has 0 radical (unpaired) electrons. The van der Waals surface area contributed by atoms with E-state index in [1.165, 1.54) is 38.4 Å². The Labute approximate surface area is 169 Å². The van der Waals surface area contributed by atoms with Gasteiger partial charge in [-0.05, 0) is 18.2 Å². The summed E-state index contributed by atoms with van der Waals surface area (Å²) in [5, 5.41) is 0. The molecule has 0 saturated carbocycles. The van der Waals surface area contributed by atoms with Gasteiger partial charge in [0.1, 0.15) is 5.75 Å². The second-order valence-electron chi connectivity index (χ2n) is 6.05. The molecule has 0 aliphatic carbocycles. The zero-order chi connectivity index (χ0) is 21.4. The minimum atomic E-state index is -0.678. The number of carbonyl (C=O) groups is 2. The molecule has 0 N–H and O–H groups in total. The van der Waals surface area contributed by atoms with Crippen LogP contribution in [0, 0.1) is 0 Å². The number of rotatable bonds is 9. The van der Waals surface area contributed by atoms with Crippen molar-refractivity contribution < 1.29 is 33.3 Å². The standard InChI is InChI=1S/C21H25NO7/c1-22(12-14-8-6-7-9-16(14)25-2)19(23)13-29-21(24)15-10-17(26-3)20(28-5)18(11-15)27-4/h6-11H,12-13H2,1-5H3. The first-order chi connectivity index (χ1) is 13.9. The second-order valence-corrected chi connectivity index (χ2v) is 6.05. The minimum Gasteiger partial charge on any atom is -0.496 e. The van der Waals surface area contributed by atoms with Gasteiger partial charge in [0.25, 0.3) is 5.91 Å². The lowest BCUT2D eigenvalue weighted by Crippen LogP contribution is -2.31. The summed E-state index contributed by atoms with van der Waals surface area (Å²) in [5.41, 5.74) is 1.03. The Balaban J connectivity index is 2.03. The number of nitrogens with zero attached hydrogens (tertiary/aromatic N) is 1. The van der Waals surface area contributed by atoms with E-state index in [4.69, 9.17) is 23.7 Å². The fourth-order valence-electron chi connectivity index (χ4n) is 2.70. The number of ether oxygens (including phenoxy) is 5. The van der Waals surface area contributed by atoms with Crippen LogP contribution in [0.5, 0.6) is 23.0 Å². The van der Waals surface area contributed by atoms with Gasteiger partial charge in [-0.3, -0.25) is 4.79 Å². The molecule has 0 atom stereocenters. The van der Waals surface area contributed by atoms with Crippen molar-refractivity contribution in [3.63, 3.8) is 0 Å². The van der Waals surface area contributed by atoms with Gasteiger partial charge in [0, 0.05) is 19.2 Å². The average Bonchev–Trinajstić information content (AvgIpc) is 2.76. The Hall–Kier alpha value is -3.42. The molecule has 0 unspecified atom stereocenters. The third-order valence-electron chi connectivity index (χ3n) is 4.25. The fourth-order valence-corrected chi connectivity index (χ4v) is 2.70. The number of hydrogen-bond acceptors (Lipinski definition) is 7. The fraction of sp³-hybridized carbons (Fsp3) is 0.333. The molecule has 8 heteroatoms. The number of benzene rings is 2. The molecule has 2 aromatic carbocycles. The van der Waals surface area contributed by atoms with E-state index < -0.39 is 12.6 Å². The van der Waals surface area contributed by atoms with Crippen LogP contribution in [0.2, 0.25) is 0 Å². The first kappa shape index (κ1) is 21.9. The Kier molecular flexibility index (Phi) is 7.70. The minimum absolute atomic E-state index is 0.180. The van der Waals surface area contributed by atoms with Gasteiger partial charge < -0.3 is 28.6 Å². The van der Waals surface area contributed by atoms with Crippen LogP contribution in [0.15, 0.2) is 36.4 Å². The van der Waals surface area contributed by atoms with Crippen LogP contribution in [-0.4, -0.2) is 58.9 Å². The summed E-state index contributed by atoms with van der Waals surface area (Å²) in [6.45, 7) is -0.0777. The van der Waals surface area contributed by atoms with Gasteiger partial charge in [-0.2, -0.15) is 0 Å². The summed E-state index contributed by atoms with van der Waals surface area (Å²) in [6.07, 6.45) is 0. The van der Waals surface area contributed by atoms with Crippen molar-refractivity contribution in [1.29, 1.82) is 0 Å². The molecule has 2 rings (SSSR count). The molecule has 0 bridgehead atoms. The summed E-state index contributed by atoms with van der Waals surface area (Å²) in [5.74, 6) is 0.651. The summed E-state index contributed by atoms with van der Waals surface area (Å²) < 4.78 is 26.1. The van der Waals surface area contributed by atoms with Crippen LogP contribution in [0.1, 0.15) is 15.9 Å². The molecule has 0 spiro atoms. The number of para-hydroxylation sites is 1. The molecule has 8 nitrogen and oxygen atoms in total. The molecule has 156 valence electrons. The van der Waals surface area contributed by atoms with Gasteiger partial charge >= 0.3 is 5.97 Å². The highest BCUT2D eigenvalue weighted by Gasteiger charge is 2.20. The Bertz CT molecular complexity index is 841. The van der Waals surface area contributed by atoms with Crippen molar-refractivity contribution in [1.82, 2.24) is 4.90 Å². The SMILES string of the molecule is COc1ccccc1CN(C)C(=O)COC(=O)c1cc(OC)c(OC)c(OC)c1. The molecule has 0 aliphatic heterocycles. The third kappa shape index (κ3) is 5.31. The smallest absolute Gasteiger partial charge is 0.338 e. The lowest BCUT2D eigenvalue weighted by atomic mass is 10.2. The van der Waals surface area contributed by atoms with Gasteiger partial charge in [-0.15, -0.1) is 0 Å². The van der Waals surface area contributed by atoms with E-state index in [0.29, 0.717) is 29.5 Å². The Morgan fingerprint density at radius 1 is 0.862 bits per heavy atom. The zero-order valence-electron chi connectivity index (χ0n) is 17.2. The number of hydrogen-bond donors (Lipinski definition) is 0. The van der Waals surface area contributed by atoms with Crippen molar-refractivity contribution >= 4 is 11.9 Å². The molecule has 0 heterocycles. The highest BCUT2D eigenvalue weighted by atomic mass is 16.5. The zero-order valence-corrected chi connectivity index (χ0v) is 17.2. The average molecular weight is 403 g/mol. The number of esters is 1. The van der Waals surface area contributed by atoms with Gasteiger partial charge in [0.05, 0.1) is 34.0 Å². The van der Waals surface area contributed by atoms with Gasteiger partial charge in [0.2, 0.25) is 5.75 Å². The highest BCUT2D eigenvalue weighted by molar-refractivity contribution is 5.92. The first-order valence-corrected chi connectivity index (χ1v) is 8.78. The van der Waals surface area contributed by atoms with Crippen molar-refractivity contribution in [3.05, 3.63) is 47.5 Å². The number of carbonyl (C=O) groups excluding carboxylic acids is 2. The van der Waals surface area contributed by atoms with Crippen LogP contribution in [-0.2, 0) is 16.1 Å².